The smallest absolute Gasteiger partial charge is 0.314 e. The fourth-order valence-electron chi connectivity index (χ4n) is 0.867. The second-order valence-corrected chi connectivity index (χ2v) is 3.55. The lowest BCUT2D eigenvalue weighted by Crippen LogP contribution is -2.26. The van der Waals surface area contributed by atoms with Gasteiger partial charge < -0.3 is 4.74 Å². The molecular weight excluding hydrogens is 180 g/mol. The highest BCUT2D eigenvalue weighted by molar-refractivity contribution is 5.94. The third-order valence-electron chi connectivity index (χ3n) is 1.40. The van der Waals surface area contributed by atoms with E-state index in [1.807, 2.05) is 0 Å². The van der Waals surface area contributed by atoms with Crippen LogP contribution in [0, 0.1) is 0 Å². The molecule has 14 heavy (non-hydrogen) atoms. The van der Waals surface area contributed by atoms with Crippen molar-refractivity contribution in [3.8, 4) is 0 Å². The fourth-order valence-corrected chi connectivity index (χ4v) is 0.867. The third-order valence-corrected chi connectivity index (χ3v) is 1.40. The number of carbonyl (C=O) groups is 2. The van der Waals surface area contributed by atoms with Crippen molar-refractivity contribution < 1.29 is 14.3 Å². The van der Waals surface area contributed by atoms with Gasteiger partial charge in [0.25, 0.3) is 0 Å². The van der Waals surface area contributed by atoms with Gasteiger partial charge in [-0.05, 0) is 26.8 Å². The third kappa shape index (κ3) is 6.17. The van der Waals surface area contributed by atoms with Gasteiger partial charge in [0.1, 0.15) is 17.8 Å². The average molecular weight is 196 g/mol. The van der Waals surface area contributed by atoms with Crippen LogP contribution in [-0.2, 0) is 14.3 Å². The number of hydrogen-bond acceptors (Lipinski definition) is 3. The highest BCUT2D eigenvalue weighted by Gasteiger charge is 2.19. The molecule has 0 aromatic heterocycles. The first kappa shape index (κ1) is 12.6. The molecule has 3 nitrogen and oxygen atoms in total. The zero-order valence-electron chi connectivity index (χ0n) is 8.87. The molecule has 0 rings (SSSR count). The second-order valence-electron chi connectivity index (χ2n) is 3.55. The van der Waals surface area contributed by atoms with Crippen LogP contribution in [0.15, 0.2) is 24.8 Å². The molecule has 0 aliphatic rings. The van der Waals surface area contributed by atoms with Crippen LogP contribution < -0.4 is 0 Å². The number of hydrogen-bond donors (Lipinski definition) is 0. The van der Waals surface area contributed by atoms with Gasteiger partial charge >= 0.3 is 5.97 Å². The Labute approximate surface area is 84.4 Å². The van der Waals surface area contributed by atoms with Gasteiger partial charge in [0.05, 0.1) is 0 Å². The van der Waals surface area contributed by atoms with Gasteiger partial charge in [0, 0.05) is 0 Å². The van der Waals surface area contributed by atoms with E-state index in [0.717, 1.165) is 0 Å². The molecule has 0 saturated carbocycles. The Bertz CT molecular complexity index is 262. The number of allylic oxidation sites excluding steroid dienone is 2. The molecule has 0 fully saturated rings. The monoisotopic (exact) mass is 196 g/mol. The maximum Gasteiger partial charge on any atom is 0.314 e. The van der Waals surface area contributed by atoms with Crippen LogP contribution in [0.4, 0.5) is 0 Å². The number of ether oxygens (including phenoxy) is 1. The molecule has 0 heterocycles. The van der Waals surface area contributed by atoms with Crippen molar-refractivity contribution in [2.75, 3.05) is 0 Å². The minimum atomic E-state index is -0.694. The molecule has 0 aliphatic carbocycles. The zero-order valence-corrected chi connectivity index (χ0v) is 8.87. The van der Waals surface area contributed by atoms with Crippen LogP contribution in [-0.4, -0.2) is 17.4 Å². The van der Waals surface area contributed by atoms with E-state index in [4.69, 9.17) is 4.74 Å². The first-order chi connectivity index (χ1) is 6.37. The average Bonchev–Trinajstić information content (AvgIpc) is 1.98. The van der Waals surface area contributed by atoms with Crippen molar-refractivity contribution in [2.24, 2.45) is 0 Å². The summed E-state index contributed by atoms with van der Waals surface area (Å²) in [5.41, 5.74) is -0.694. The Morgan fingerprint density at radius 3 is 2.43 bits per heavy atom. The van der Waals surface area contributed by atoms with Crippen LogP contribution in [0.25, 0.3) is 0 Å². The first-order valence-electron chi connectivity index (χ1n) is 4.39. The van der Waals surface area contributed by atoms with Gasteiger partial charge in [-0.25, -0.2) is 0 Å². The number of esters is 1. The predicted molar refractivity (Wildman–Crippen MR) is 54.8 cm³/mol. The molecule has 0 aromatic rings. The van der Waals surface area contributed by atoms with E-state index in [1.54, 1.807) is 32.1 Å². The van der Waals surface area contributed by atoms with E-state index in [0.29, 0.717) is 0 Å². The maximum absolute atomic E-state index is 11.1. The molecule has 0 unspecified atom stereocenters. The molecule has 0 saturated heterocycles. The normalized spacial score (nSPS) is 11.4. The van der Waals surface area contributed by atoms with Gasteiger partial charge in [-0.1, -0.05) is 18.7 Å². The van der Waals surface area contributed by atoms with Crippen molar-refractivity contribution in [1.29, 1.82) is 0 Å². The molecular formula is C11H16O3. The molecule has 0 aromatic carbocycles. The maximum atomic E-state index is 11.1. The van der Waals surface area contributed by atoms with Crippen LogP contribution in [0.1, 0.15) is 27.2 Å². The highest BCUT2D eigenvalue weighted by Crippen LogP contribution is 2.12. The SMILES string of the molecule is C=CC=CC(C)(C)OC(=O)CC(C)=O. The van der Waals surface area contributed by atoms with E-state index in [-0.39, 0.29) is 12.2 Å². The summed E-state index contributed by atoms with van der Waals surface area (Å²) in [5.74, 6) is -0.699. The highest BCUT2D eigenvalue weighted by atomic mass is 16.6. The van der Waals surface area contributed by atoms with Crippen molar-refractivity contribution in [2.45, 2.75) is 32.8 Å². The number of rotatable bonds is 5. The molecule has 0 aliphatic heterocycles. The summed E-state index contributed by atoms with van der Waals surface area (Å²) in [4.78, 5) is 21.7. The molecule has 78 valence electrons. The molecule has 0 radical (unpaired) electrons. The van der Waals surface area contributed by atoms with Gasteiger partial charge in [-0.15, -0.1) is 0 Å². The van der Waals surface area contributed by atoms with Gasteiger partial charge in [-0.3, -0.25) is 9.59 Å². The molecule has 3 heteroatoms. The fraction of sp³-hybridized carbons (Fsp3) is 0.455. The molecule has 0 spiro atoms. The summed E-state index contributed by atoms with van der Waals surface area (Å²) in [5, 5.41) is 0. The number of carbonyl (C=O) groups excluding carboxylic acids is 2. The Kier molecular flexibility index (Phi) is 4.84. The Morgan fingerprint density at radius 1 is 1.43 bits per heavy atom. The van der Waals surface area contributed by atoms with E-state index in [1.165, 1.54) is 6.92 Å². The Hall–Kier alpha value is -1.38. The number of Topliss-reactive ketones (excluding diaryl/α,β-unsaturated/α-hetero) is 1. The number of ketones is 1. The summed E-state index contributed by atoms with van der Waals surface area (Å²) in [6, 6.07) is 0. The Morgan fingerprint density at radius 2 is 2.00 bits per heavy atom. The molecule has 0 amide bonds. The second kappa shape index (κ2) is 5.37. The molecule has 0 atom stereocenters. The van der Waals surface area contributed by atoms with Crippen LogP contribution in [0.2, 0.25) is 0 Å². The van der Waals surface area contributed by atoms with Gasteiger partial charge in [-0.2, -0.15) is 0 Å². The van der Waals surface area contributed by atoms with E-state index in [9.17, 15) is 9.59 Å². The van der Waals surface area contributed by atoms with E-state index in [2.05, 4.69) is 6.58 Å². The Balaban J connectivity index is 4.21. The first-order valence-corrected chi connectivity index (χ1v) is 4.39. The van der Waals surface area contributed by atoms with Crippen LogP contribution >= 0.6 is 0 Å². The summed E-state index contributed by atoms with van der Waals surface area (Å²) in [6.45, 7) is 8.35. The summed E-state index contributed by atoms with van der Waals surface area (Å²) < 4.78 is 5.06. The standard InChI is InChI=1S/C11H16O3/c1-5-6-7-11(3,4)14-10(13)8-9(2)12/h5-7H,1,8H2,2-4H3. The van der Waals surface area contributed by atoms with Crippen LogP contribution in [0.3, 0.4) is 0 Å². The summed E-state index contributed by atoms with van der Waals surface area (Å²) >= 11 is 0. The van der Waals surface area contributed by atoms with Crippen molar-refractivity contribution in [1.82, 2.24) is 0 Å². The van der Waals surface area contributed by atoms with Crippen molar-refractivity contribution in [3.05, 3.63) is 24.8 Å². The van der Waals surface area contributed by atoms with Gasteiger partial charge in [0.2, 0.25) is 0 Å². The lowest BCUT2D eigenvalue weighted by atomic mass is 10.1. The summed E-state index contributed by atoms with van der Waals surface area (Å²) in [6.07, 6.45) is 4.82. The molecule has 0 bridgehead atoms. The minimum absolute atomic E-state index is 0.175. The van der Waals surface area contributed by atoms with E-state index < -0.39 is 11.6 Å². The van der Waals surface area contributed by atoms with E-state index >= 15 is 0 Å². The van der Waals surface area contributed by atoms with Crippen molar-refractivity contribution >= 4 is 11.8 Å². The topological polar surface area (TPSA) is 43.4 Å². The summed E-state index contributed by atoms with van der Waals surface area (Å²) in [7, 11) is 0. The lowest BCUT2D eigenvalue weighted by molar-refractivity contribution is -0.153. The molecule has 0 N–H and O–H groups in total. The van der Waals surface area contributed by atoms with Gasteiger partial charge in [0.15, 0.2) is 0 Å². The zero-order chi connectivity index (χ0) is 11.2. The largest absolute Gasteiger partial charge is 0.455 e. The van der Waals surface area contributed by atoms with Crippen molar-refractivity contribution in [3.63, 3.8) is 0 Å². The predicted octanol–water partition coefficient (Wildman–Crippen LogP) is 2.03. The van der Waals surface area contributed by atoms with Crippen LogP contribution in [0.5, 0.6) is 0 Å². The quantitative estimate of drug-likeness (QED) is 0.384. The minimum Gasteiger partial charge on any atom is -0.455 e. The lowest BCUT2D eigenvalue weighted by Gasteiger charge is -2.20.